The molecule has 143 heavy (non-hydrogen) atoms. The first-order valence-corrected chi connectivity index (χ1v) is 52.7. The summed E-state index contributed by atoms with van der Waals surface area (Å²) in [5, 5.41) is 41.0. The molecule has 1 saturated carbocycles. The van der Waals surface area contributed by atoms with Crippen molar-refractivity contribution in [3.8, 4) is 26.9 Å². The van der Waals surface area contributed by atoms with E-state index in [4.69, 9.17) is 54.6 Å². The van der Waals surface area contributed by atoms with Crippen molar-refractivity contribution in [2.45, 2.75) is 182 Å². The third-order valence-corrected chi connectivity index (χ3v) is 27.7. The van der Waals surface area contributed by atoms with Crippen LogP contribution in [0.15, 0.2) is 229 Å². The van der Waals surface area contributed by atoms with Gasteiger partial charge in [-0.15, -0.1) is 32.9 Å². The highest BCUT2D eigenvalue weighted by Crippen LogP contribution is 2.36. The molecule has 0 radical (unpaired) electrons. The number of ketones is 3. The van der Waals surface area contributed by atoms with Gasteiger partial charge in [0, 0.05) is 113 Å². The summed E-state index contributed by atoms with van der Waals surface area (Å²) in [6.45, 7) is 21.3. The molecule has 1 aliphatic carbocycles. The molecule has 764 valence electrons. The van der Waals surface area contributed by atoms with Crippen LogP contribution in [-0.4, -0.2) is 204 Å². The molecule has 0 bridgehead atoms. The fraction of sp³-hybridized carbons (Fsp3) is 0.447. The van der Waals surface area contributed by atoms with Gasteiger partial charge >= 0.3 is 0 Å². The number of nitrogens with zero attached hydrogens (tertiary/aromatic N) is 6. The number of Topliss-reactive ketones (excluding diaryl/α,β-unsaturated/α-hetero) is 3. The minimum absolute atomic E-state index is 0.0228. The van der Waals surface area contributed by atoms with Crippen LogP contribution in [0.1, 0.15) is 144 Å². The average Bonchev–Trinajstić information content (AvgIpc) is 1.67. The van der Waals surface area contributed by atoms with Crippen molar-refractivity contribution < 1.29 is 72.1 Å². The number of fused-ring (bicyclic) bond motifs is 3. The van der Waals surface area contributed by atoms with Gasteiger partial charge in [-0.3, -0.25) is 28.8 Å². The Morgan fingerprint density at radius 2 is 0.916 bits per heavy atom. The molecule has 2 unspecified atom stereocenters. The third kappa shape index (κ3) is 39.4. The van der Waals surface area contributed by atoms with E-state index in [0.717, 1.165) is 116 Å². The second kappa shape index (κ2) is 60.6. The molecular weight excluding hydrogens is 1860 g/mol. The number of aromatic nitrogens is 3. The number of hydrogen-bond acceptors (Lipinski definition) is 26. The van der Waals surface area contributed by atoms with Gasteiger partial charge in [0.05, 0.1) is 102 Å². The first-order chi connectivity index (χ1) is 69.2. The lowest BCUT2D eigenvalue weighted by molar-refractivity contribution is -0.137. The second-order valence-corrected chi connectivity index (χ2v) is 41.0. The molecule has 0 spiro atoms. The van der Waals surface area contributed by atoms with Crippen molar-refractivity contribution in [1.82, 2.24) is 30.9 Å². The second-order valence-electron chi connectivity index (χ2n) is 38.0. The molecule has 3 amide bonds. The lowest BCUT2D eigenvalue weighted by Gasteiger charge is -2.33. The van der Waals surface area contributed by atoms with Crippen LogP contribution < -0.4 is 37.1 Å². The van der Waals surface area contributed by atoms with Crippen molar-refractivity contribution in [1.29, 1.82) is 0 Å². The minimum Gasteiger partial charge on any atom is -0.491 e. The Morgan fingerprint density at radius 3 is 1.43 bits per heavy atom. The number of anilines is 1. The van der Waals surface area contributed by atoms with Gasteiger partial charge in [-0.25, -0.2) is 15.0 Å². The highest BCUT2D eigenvalue weighted by molar-refractivity contribution is 7.22. The summed E-state index contributed by atoms with van der Waals surface area (Å²) >= 11 is 4.91. The summed E-state index contributed by atoms with van der Waals surface area (Å²) in [4.78, 5) is 93.3. The maximum absolute atomic E-state index is 13.2. The van der Waals surface area contributed by atoms with Crippen LogP contribution in [0.2, 0.25) is 0 Å². The van der Waals surface area contributed by atoms with Crippen LogP contribution in [0.25, 0.3) is 51.8 Å². The summed E-state index contributed by atoms with van der Waals surface area (Å²) in [7, 11) is 3.99. The van der Waals surface area contributed by atoms with Gasteiger partial charge < -0.3 is 75.7 Å². The lowest BCUT2D eigenvalue weighted by Crippen LogP contribution is -2.54. The van der Waals surface area contributed by atoms with E-state index in [2.05, 4.69) is 163 Å². The van der Waals surface area contributed by atoms with E-state index in [1.165, 1.54) is 48.6 Å². The zero-order valence-corrected chi connectivity index (χ0v) is 86.8. The van der Waals surface area contributed by atoms with Gasteiger partial charge in [0.15, 0.2) is 11.6 Å². The number of hydrogen-bond donors (Lipinski definition) is 7. The Kier molecular flexibility index (Phi) is 47.5. The molecule has 3 heterocycles. The van der Waals surface area contributed by atoms with Crippen molar-refractivity contribution in [3.05, 3.63) is 257 Å². The van der Waals surface area contributed by atoms with E-state index in [1.807, 2.05) is 154 Å². The van der Waals surface area contributed by atoms with Crippen molar-refractivity contribution in [2.75, 3.05) is 118 Å². The summed E-state index contributed by atoms with van der Waals surface area (Å²) in [5.74, 6) is -0.641. The summed E-state index contributed by atoms with van der Waals surface area (Å²) in [5.41, 5.74) is 27.5. The lowest BCUT2D eigenvalue weighted by atomic mass is 9.77. The Labute approximate surface area is 854 Å². The number of rotatable bonds is 58. The molecule has 0 saturated heterocycles. The average molecular weight is 2010 g/mol. The Morgan fingerprint density at radius 1 is 0.469 bits per heavy atom. The first kappa shape index (κ1) is 112. The predicted octanol–water partition coefficient (Wildman–Crippen LogP) is 19.5. The molecule has 1 fully saturated rings. The van der Waals surface area contributed by atoms with E-state index in [1.54, 1.807) is 22.7 Å². The van der Waals surface area contributed by atoms with Crippen molar-refractivity contribution in [3.63, 3.8) is 0 Å². The quantitative estimate of drug-likeness (QED) is 0.0137. The van der Waals surface area contributed by atoms with E-state index >= 15 is 0 Å². The predicted molar refractivity (Wildman–Crippen MR) is 573 cm³/mol. The Bertz CT molecular complexity index is 5870. The standard InChI is InChI=1S/C38H48N6O6S.C38H49N3O5S.C38H48N2O4S/c1-25-21-27(35(45)33(22-25)40-37(47)36(46)31(39)23-26-7-5-4-6-8-26)15-16-48-17-18-49-19-20-50-30-13-14-32-34(24-30)51-38(41-32)43-42-28-9-11-29(12-10-28)44(2)3;1-26(2)22-31(25-34(42)36(43)32(39)24-29-8-5-4-6-9-29)37(44)40-17-19-46-21-20-45-18-7-10-28-12-14-30(15-13-28)38-41-33-16-11-27(3)23-35(33)47-38;1-28(2)25-33(27-34(41)13-7-11-30-9-5-4-6-10-30)37(42)39-20-22-44-24-23-43-21-8-12-31-15-17-32(18-16-31)38-40-35-19-14-29(3)26-36(35)45-38/h4-14,24-25,27,31,33,36,46H,15-23,39H2,1-3H3,(H,40,47);4-6,8-9,11-16,23,26,31-32,36,43H,7,10,17-22,24-25,39H2,1-3H3,(H,40,44);4-6,9-10,14-19,26,28,33H,7-8,11-13,20-25,27H2,1-3H3,(H,39,42)/t25?,27?,31-,33+,36+;31-,32-,36+;33-/m111/s1. The van der Waals surface area contributed by atoms with Gasteiger partial charge in [0.25, 0.3) is 5.91 Å². The number of aryl methyl sites for hydroxylation is 5. The molecule has 9 atom stereocenters. The number of thiazole rings is 3. The summed E-state index contributed by atoms with van der Waals surface area (Å²) < 4.78 is 43.5. The normalized spacial score (nSPS) is 15.0. The minimum atomic E-state index is -1.40. The summed E-state index contributed by atoms with van der Waals surface area (Å²) in [6.07, 6.45) is 7.32. The first-order valence-electron chi connectivity index (χ1n) is 50.3. The van der Waals surface area contributed by atoms with E-state index < -0.39 is 47.9 Å². The van der Waals surface area contributed by atoms with Crippen LogP contribution in [0.4, 0.5) is 16.5 Å². The number of benzene rings is 9. The maximum atomic E-state index is 13.2. The van der Waals surface area contributed by atoms with Gasteiger partial charge in [0.1, 0.15) is 40.4 Å². The fourth-order valence-electron chi connectivity index (χ4n) is 17.0. The monoisotopic (exact) mass is 2000 g/mol. The van der Waals surface area contributed by atoms with Gasteiger partial charge in [-0.2, -0.15) is 0 Å². The van der Waals surface area contributed by atoms with Gasteiger partial charge in [0.2, 0.25) is 16.9 Å². The zero-order valence-electron chi connectivity index (χ0n) is 84.3. The molecule has 13 rings (SSSR count). The van der Waals surface area contributed by atoms with Crippen LogP contribution in [0.3, 0.4) is 0 Å². The molecule has 9 N–H and O–H groups in total. The van der Waals surface area contributed by atoms with Crippen LogP contribution >= 0.6 is 34.0 Å². The maximum Gasteiger partial charge on any atom is 0.251 e. The Balaban J connectivity index is 0.000000205. The number of carbonyl (C=O) groups is 6. The molecule has 3 aromatic heterocycles. The molecule has 26 nitrogen and oxygen atoms in total. The number of nitrogens with one attached hydrogen (secondary N) is 3. The van der Waals surface area contributed by atoms with E-state index in [-0.39, 0.29) is 53.5 Å². The number of ether oxygens (including phenoxy) is 7. The highest BCUT2D eigenvalue weighted by Gasteiger charge is 2.38. The molecule has 12 aromatic rings. The number of nitrogens with two attached hydrogens (primary N) is 2. The van der Waals surface area contributed by atoms with Crippen LogP contribution in [0.5, 0.6) is 5.75 Å². The summed E-state index contributed by atoms with van der Waals surface area (Å²) in [6, 6.07) is 70.6. The topological polar surface area (TPSA) is 362 Å². The number of azo groups is 1. The van der Waals surface area contributed by atoms with Crippen molar-refractivity contribution in [2.24, 2.45) is 57.2 Å². The number of amides is 3. The number of aliphatic hydroxyl groups excluding tert-OH is 2. The zero-order chi connectivity index (χ0) is 102. The largest absolute Gasteiger partial charge is 0.491 e. The fourth-order valence-corrected chi connectivity index (χ4v) is 19.9. The third-order valence-electron chi connectivity index (χ3n) is 24.6. The molecule has 9 aromatic carbocycles. The van der Waals surface area contributed by atoms with E-state index in [0.29, 0.717) is 161 Å². The molecule has 0 aliphatic heterocycles. The van der Waals surface area contributed by atoms with Crippen LogP contribution in [-0.2, 0) is 89.3 Å². The van der Waals surface area contributed by atoms with E-state index in [9.17, 15) is 39.0 Å². The van der Waals surface area contributed by atoms with Gasteiger partial charge in [-0.1, -0.05) is 198 Å². The van der Waals surface area contributed by atoms with Crippen molar-refractivity contribution >= 4 is 116 Å². The molecular formula is C114H145N11O15S3. The Hall–Kier alpha value is -11.1. The molecule has 29 heteroatoms. The molecule has 1 aliphatic rings. The number of aliphatic hydroxyl groups is 2. The van der Waals surface area contributed by atoms with Gasteiger partial charge in [-0.05, 0) is 221 Å². The number of carbonyl (C=O) groups excluding carboxylic acids is 6. The smallest absolute Gasteiger partial charge is 0.251 e. The highest BCUT2D eigenvalue weighted by atomic mass is 32.1. The SMILES string of the molecule is CC1CC(CCOCCOCCOc2ccc3nc(N=Nc4ccc(N(C)C)cc4)sc3c2)C(=O)[C@@H](NC(=O)[C@@H](O)[C@H](N)Cc2ccccc2)C1.Cc1ccc2nc(-c3ccc(CCCOCCOCCNC(=O)[C@@H](CC(=O)CCCc4ccccc4)CC(C)C)cc3)sc2c1.Cc1ccc2nc(-c3ccc(CCCOCCOCCNC(=O)[C@@H](CC(=O)[C@@H](O)[C@H](N)Cc4ccccc4)CC(C)C)cc3)sc2c1. The van der Waals surface area contributed by atoms with Crippen LogP contribution in [0, 0.1) is 49.4 Å².